The van der Waals surface area contributed by atoms with E-state index in [1.807, 2.05) is 25.1 Å². The summed E-state index contributed by atoms with van der Waals surface area (Å²) in [5.41, 5.74) is 1.00. The molecule has 0 aromatic heterocycles. The molecular formula is C18H17BrN2O4S. The Labute approximate surface area is 163 Å². The number of hydrogen-bond donors (Lipinski definition) is 1. The smallest absolute Gasteiger partial charge is 0.269 e. The van der Waals surface area contributed by atoms with Crippen LogP contribution >= 0.6 is 27.7 Å². The van der Waals surface area contributed by atoms with Crippen molar-refractivity contribution in [3.05, 3.63) is 62.6 Å². The summed E-state index contributed by atoms with van der Waals surface area (Å²) in [5.74, 6) is 0.714. The molecule has 3 rings (SSSR count). The van der Waals surface area contributed by atoms with Crippen molar-refractivity contribution in [2.45, 2.75) is 29.5 Å². The highest BCUT2D eigenvalue weighted by Crippen LogP contribution is 2.34. The molecule has 2 atom stereocenters. The molecule has 0 aliphatic carbocycles. The van der Waals surface area contributed by atoms with E-state index in [2.05, 4.69) is 21.2 Å². The monoisotopic (exact) mass is 436 g/mol. The number of halogens is 1. The van der Waals surface area contributed by atoms with Gasteiger partial charge in [-0.2, -0.15) is 0 Å². The molecule has 26 heavy (non-hydrogen) atoms. The number of ether oxygens (including phenoxy) is 1. The predicted molar refractivity (Wildman–Crippen MR) is 104 cm³/mol. The Morgan fingerprint density at radius 1 is 1.35 bits per heavy atom. The number of benzene rings is 2. The zero-order valence-electron chi connectivity index (χ0n) is 14.0. The highest BCUT2D eigenvalue weighted by atomic mass is 79.9. The van der Waals surface area contributed by atoms with Crippen LogP contribution in [0.15, 0.2) is 51.8 Å². The van der Waals surface area contributed by atoms with Gasteiger partial charge in [-0.1, -0.05) is 15.9 Å². The lowest BCUT2D eigenvalue weighted by molar-refractivity contribution is -0.384. The van der Waals surface area contributed by atoms with E-state index in [4.69, 9.17) is 4.74 Å². The maximum Gasteiger partial charge on any atom is 0.269 e. The number of fused-ring (bicyclic) bond motifs is 1. The third-order valence-corrected chi connectivity index (χ3v) is 5.66. The quantitative estimate of drug-likeness (QED) is 0.424. The van der Waals surface area contributed by atoms with Gasteiger partial charge in [0.25, 0.3) is 5.69 Å². The number of non-ortho nitro benzene ring substituents is 1. The fourth-order valence-electron chi connectivity index (χ4n) is 2.71. The highest BCUT2D eigenvalue weighted by molar-refractivity contribution is 9.10. The minimum atomic E-state index is -0.439. The number of nitro benzene ring substituents is 1. The molecule has 1 aliphatic rings. The predicted octanol–water partition coefficient (Wildman–Crippen LogP) is 4.48. The summed E-state index contributed by atoms with van der Waals surface area (Å²) in [6.45, 7) is 2.38. The number of hydrogen-bond acceptors (Lipinski definition) is 5. The molecule has 1 N–H and O–H groups in total. The van der Waals surface area contributed by atoms with Gasteiger partial charge in [-0.05, 0) is 37.3 Å². The summed E-state index contributed by atoms with van der Waals surface area (Å²) in [7, 11) is 0. The maximum atomic E-state index is 12.6. The van der Waals surface area contributed by atoms with Crippen molar-refractivity contribution < 1.29 is 14.5 Å². The lowest BCUT2D eigenvalue weighted by atomic mass is 10.0. The van der Waals surface area contributed by atoms with Crippen molar-refractivity contribution in [1.29, 1.82) is 0 Å². The fourth-order valence-corrected chi connectivity index (χ4v) is 3.96. The van der Waals surface area contributed by atoms with Crippen molar-refractivity contribution in [3.8, 4) is 5.75 Å². The van der Waals surface area contributed by atoms with Gasteiger partial charge in [-0.25, -0.2) is 0 Å². The van der Waals surface area contributed by atoms with Crippen LogP contribution in [0.2, 0.25) is 0 Å². The van der Waals surface area contributed by atoms with E-state index in [1.165, 1.54) is 23.9 Å². The van der Waals surface area contributed by atoms with E-state index in [9.17, 15) is 14.9 Å². The van der Waals surface area contributed by atoms with Crippen LogP contribution in [0.1, 0.15) is 24.9 Å². The first-order valence-corrected chi connectivity index (χ1v) is 9.75. The minimum Gasteiger partial charge on any atom is -0.493 e. The second-order valence-corrected chi connectivity index (χ2v) is 8.22. The number of rotatable bonds is 5. The molecule has 8 heteroatoms. The van der Waals surface area contributed by atoms with Crippen molar-refractivity contribution in [2.75, 3.05) is 6.61 Å². The third kappa shape index (κ3) is 4.37. The van der Waals surface area contributed by atoms with Crippen LogP contribution in [0.4, 0.5) is 5.69 Å². The summed E-state index contributed by atoms with van der Waals surface area (Å²) in [6, 6.07) is 11.9. The van der Waals surface area contributed by atoms with Gasteiger partial charge in [-0.15, -0.1) is 11.8 Å². The average molecular weight is 437 g/mol. The number of nitro groups is 1. The number of nitrogens with zero attached hydrogens (tertiary/aromatic N) is 1. The molecule has 2 unspecified atom stereocenters. The van der Waals surface area contributed by atoms with Crippen LogP contribution < -0.4 is 10.1 Å². The summed E-state index contributed by atoms with van der Waals surface area (Å²) in [6.07, 6.45) is 0.712. The molecule has 2 aromatic rings. The second kappa shape index (κ2) is 8.09. The summed E-state index contributed by atoms with van der Waals surface area (Å²) < 4.78 is 6.58. The van der Waals surface area contributed by atoms with Crippen LogP contribution in [-0.2, 0) is 4.79 Å². The Hall–Kier alpha value is -2.06. The third-order valence-electron chi connectivity index (χ3n) is 4.06. The van der Waals surface area contributed by atoms with Crippen LogP contribution in [-0.4, -0.2) is 22.7 Å². The van der Waals surface area contributed by atoms with Gasteiger partial charge < -0.3 is 10.1 Å². The first-order valence-electron chi connectivity index (χ1n) is 8.08. The number of carbonyl (C=O) groups is 1. The molecule has 0 radical (unpaired) electrons. The molecule has 0 bridgehead atoms. The molecule has 0 spiro atoms. The van der Waals surface area contributed by atoms with Gasteiger partial charge in [0.15, 0.2) is 0 Å². The van der Waals surface area contributed by atoms with Gasteiger partial charge in [0.05, 0.1) is 22.8 Å². The lowest BCUT2D eigenvalue weighted by Crippen LogP contribution is -2.36. The zero-order valence-corrected chi connectivity index (χ0v) is 16.4. The van der Waals surface area contributed by atoms with E-state index in [0.29, 0.717) is 13.0 Å². The molecule has 1 amide bonds. The topological polar surface area (TPSA) is 81.5 Å². The van der Waals surface area contributed by atoms with Gasteiger partial charge in [-0.3, -0.25) is 14.9 Å². The average Bonchev–Trinajstić information content (AvgIpc) is 2.62. The van der Waals surface area contributed by atoms with E-state index in [1.54, 1.807) is 12.1 Å². The van der Waals surface area contributed by atoms with E-state index < -0.39 is 4.92 Å². The Bertz CT molecular complexity index is 828. The molecule has 0 saturated carbocycles. The second-order valence-electron chi connectivity index (χ2n) is 5.89. The van der Waals surface area contributed by atoms with E-state index in [-0.39, 0.29) is 22.9 Å². The zero-order chi connectivity index (χ0) is 18.7. The van der Waals surface area contributed by atoms with Crippen molar-refractivity contribution in [3.63, 3.8) is 0 Å². The number of thioether (sulfide) groups is 1. The molecule has 0 saturated heterocycles. The molecule has 1 heterocycles. The largest absolute Gasteiger partial charge is 0.493 e. The van der Waals surface area contributed by atoms with Crippen LogP contribution in [0.25, 0.3) is 0 Å². The highest BCUT2D eigenvalue weighted by Gasteiger charge is 2.25. The number of amides is 1. The summed E-state index contributed by atoms with van der Waals surface area (Å²) in [5, 5.41) is 13.5. The number of carbonyl (C=O) groups excluding carboxylic acids is 1. The van der Waals surface area contributed by atoms with Gasteiger partial charge in [0.1, 0.15) is 5.75 Å². The Kier molecular flexibility index (Phi) is 5.83. The van der Waals surface area contributed by atoms with Gasteiger partial charge >= 0.3 is 0 Å². The van der Waals surface area contributed by atoms with Gasteiger partial charge in [0, 0.05) is 33.5 Å². The van der Waals surface area contributed by atoms with E-state index in [0.717, 1.165) is 20.7 Å². The minimum absolute atomic E-state index is 0.0378. The van der Waals surface area contributed by atoms with Crippen LogP contribution in [0, 0.1) is 10.1 Å². The molecule has 6 nitrogen and oxygen atoms in total. The molecule has 0 fully saturated rings. The van der Waals surface area contributed by atoms with Crippen LogP contribution in [0.5, 0.6) is 5.75 Å². The first-order chi connectivity index (χ1) is 12.4. The molecule has 2 aromatic carbocycles. The Morgan fingerprint density at radius 2 is 2.08 bits per heavy atom. The van der Waals surface area contributed by atoms with Crippen molar-refractivity contribution in [2.24, 2.45) is 0 Å². The van der Waals surface area contributed by atoms with Crippen LogP contribution in [0.3, 0.4) is 0 Å². The number of nitrogens with one attached hydrogen (secondary N) is 1. The summed E-state index contributed by atoms with van der Waals surface area (Å²) in [4.78, 5) is 23.7. The molecule has 136 valence electrons. The SMILES string of the molecule is CC(Sc1ccc([N+](=O)[O-])cc1)C(=O)NC1CCOc2ccc(Br)cc21. The molecule has 1 aliphatic heterocycles. The van der Waals surface area contributed by atoms with Crippen molar-refractivity contribution >= 4 is 39.3 Å². The standard InChI is InChI=1S/C18H17BrN2O4S/c1-11(26-14-5-3-13(4-6-14)21(23)24)18(22)20-16-8-9-25-17-7-2-12(19)10-15(16)17/h2-7,10-11,16H,8-9H2,1H3,(H,20,22). The van der Waals surface area contributed by atoms with Gasteiger partial charge in [0.2, 0.25) is 5.91 Å². The Balaban J connectivity index is 1.65. The normalized spacial score (nSPS) is 16.9. The fraction of sp³-hybridized carbons (Fsp3) is 0.278. The Morgan fingerprint density at radius 3 is 2.77 bits per heavy atom. The molecular weight excluding hydrogens is 420 g/mol. The lowest BCUT2D eigenvalue weighted by Gasteiger charge is -2.28. The maximum absolute atomic E-state index is 12.6. The van der Waals surface area contributed by atoms with E-state index >= 15 is 0 Å². The van der Waals surface area contributed by atoms with Crippen molar-refractivity contribution in [1.82, 2.24) is 5.32 Å². The first kappa shape index (κ1) is 18.7. The summed E-state index contributed by atoms with van der Waals surface area (Å²) >= 11 is 4.82.